The van der Waals surface area contributed by atoms with Crippen LogP contribution in [0.1, 0.15) is 73.6 Å². The molecule has 0 saturated carbocycles. The average molecular weight is 780 g/mol. The maximum Gasteiger partial charge on any atom is 0.361 e. The van der Waals surface area contributed by atoms with Gasteiger partial charge in [0.05, 0.1) is 21.9 Å². The summed E-state index contributed by atoms with van der Waals surface area (Å²) < 4.78 is 80.5. The zero-order valence-corrected chi connectivity index (χ0v) is 31.8. The Labute approximate surface area is 319 Å². The number of aryl methyl sites for hydroxylation is 4. The van der Waals surface area contributed by atoms with Gasteiger partial charge in [-0.1, -0.05) is 98.2 Å². The van der Waals surface area contributed by atoms with E-state index in [1.54, 1.807) is 0 Å². The molecule has 0 spiro atoms. The van der Waals surface area contributed by atoms with E-state index >= 15 is 0 Å². The van der Waals surface area contributed by atoms with Gasteiger partial charge in [0.25, 0.3) is 0 Å². The number of fused-ring (bicyclic) bond motifs is 2. The predicted octanol–water partition coefficient (Wildman–Crippen LogP) is 3.09. The van der Waals surface area contributed by atoms with E-state index in [0.717, 1.165) is 46.7 Å². The first-order valence-electron chi connectivity index (χ1n) is 17.7. The molecule has 4 aromatic carbocycles. The number of hydrogen-bond donors (Lipinski definition) is 0. The van der Waals surface area contributed by atoms with Crippen LogP contribution in [-0.4, -0.2) is 0 Å². The van der Waals surface area contributed by atoms with Gasteiger partial charge in [0, 0.05) is 24.3 Å². The van der Waals surface area contributed by atoms with E-state index in [0.29, 0.717) is 0 Å². The van der Waals surface area contributed by atoms with Crippen LogP contribution >= 0.6 is 0 Å². The highest BCUT2D eigenvalue weighted by Crippen LogP contribution is 2.31. The number of benzene rings is 4. The summed E-state index contributed by atoms with van der Waals surface area (Å²) in [7, 11) is -9.89. The summed E-state index contributed by atoms with van der Waals surface area (Å²) in [5.74, 6) is 1.92. The fourth-order valence-electron chi connectivity index (χ4n) is 6.24. The summed E-state index contributed by atoms with van der Waals surface area (Å²) in [4.78, 5) is 0. The standard InChI is InChI=1S/C42H44O2.2ClHO4/c1-31-21-25-33(26-22-31)41-29-35(37-17-11-13-19-39(37)43-41)15-9-7-5-3-4-6-8-10-16-36-30-42(34-27-23-32(2)24-28-34)44-40-20-14-12-18-38(36)40;2*2-1(3,4)5/h11-14,17-30H,3-10,15-16H2,1-2H3;2*(H,2,3,4,5)/q+2;;/p-2. The van der Waals surface area contributed by atoms with Gasteiger partial charge in [-0.2, -0.15) is 0 Å². The SMILES string of the molecule is Cc1ccc(-c2cc(CCCCCCCCCCc3cc(-c4ccc(C)cc4)[o+]c4ccccc34)c3ccccc3[o+]2)cc1.[O-][Cl+3]([O-])([O-])[O-].[O-][Cl+3]([O-])([O-])[O-]. The molecule has 0 amide bonds. The van der Waals surface area contributed by atoms with Gasteiger partial charge in [-0.15, -0.1) is 20.5 Å². The molecule has 0 bridgehead atoms. The van der Waals surface area contributed by atoms with Crippen molar-refractivity contribution in [1.82, 2.24) is 0 Å². The topological polar surface area (TPSA) is 207 Å². The van der Waals surface area contributed by atoms with E-state index in [9.17, 15) is 0 Å². The molecule has 0 unspecified atom stereocenters. The van der Waals surface area contributed by atoms with Crippen molar-refractivity contribution in [3.05, 3.63) is 131 Å². The minimum atomic E-state index is -4.94. The van der Waals surface area contributed by atoms with Crippen LogP contribution < -0.4 is 37.3 Å². The van der Waals surface area contributed by atoms with Gasteiger partial charge in [-0.3, -0.25) is 0 Å². The van der Waals surface area contributed by atoms with E-state index in [4.69, 9.17) is 46.1 Å². The molecule has 0 aliphatic rings. The fraction of sp³-hybridized carbons (Fsp3) is 0.286. The van der Waals surface area contributed by atoms with Crippen molar-refractivity contribution < 1.29 is 66.6 Å². The Balaban J connectivity index is 0.000000577. The maximum absolute atomic E-state index is 8.49. The molecule has 10 nitrogen and oxygen atoms in total. The Kier molecular flexibility index (Phi) is 16.3. The van der Waals surface area contributed by atoms with Gasteiger partial charge >= 0.3 is 22.7 Å². The summed E-state index contributed by atoms with van der Waals surface area (Å²) >= 11 is 0. The number of halogens is 2. The lowest BCUT2D eigenvalue weighted by Crippen LogP contribution is -2.68. The lowest BCUT2D eigenvalue weighted by molar-refractivity contribution is -2.00. The van der Waals surface area contributed by atoms with E-state index in [2.05, 4.69) is 123 Å². The number of unbranched alkanes of at least 4 members (excludes halogenated alkanes) is 7. The zero-order chi connectivity index (χ0) is 39.1. The first kappa shape index (κ1) is 42.7. The van der Waals surface area contributed by atoms with Crippen molar-refractivity contribution in [3.8, 4) is 22.6 Å². The molecule has 0 atom stereocenters. The average Bonchev–Trinajstić information content (AvgIpc) is 3.11. The third kappa shape index (κ3) is 15.4. The molecule has 2 aromatic heterocycles. The van der Waals surface area contributed by atoms with Crippen molar-refractivity contribution in [2.24, 2.45) is 0 Å². The van der Waals surface area contributed by atoms with Crippen molar-refractivity contribution in [2.75, 3.05) is 0 Å². The molecular weight excluding hydrogens is 735 g/mol. The Hall–Kier alpha value is -4.04. The highest BCUT2D eigenvalue weighted by molar-refractivity contribution is 5.83. The lowest BCUT2D eigenvalue weighted by Gasteiger charge is -2.17. The molecule has 6 aromatic rings. The van der Waals surface area contributed by atoms with Crippen molar-refractivity contribution in [2.45, 2.75) is 78.1 Å². The minimum absolute atomic E-state index is 0.961. The quantitative estimate of drug-likeness (QED) is 0.124. The molecule has 0 radical (unpaired) electrons. The lowest BCUT2D eigenvalue weighted by atomic mass is 9.99. The van der Waals surface area contributed by atoms with E-state index in [1.807, 2.05) is 0 Å². The number of hydrogen-bond acceptors (Lipinski definition) is 8. The zero-order valence-electron chi connectivity index (χ0n) is 30.3. The Bertz CT molecular complexity index is 1880. The van der Waals surface area contributed by atoms with Gasteiger partial charge in [0.1, 0.15) is 0 Å². The molecule has 0 aliphatic heterocycles. The molecule has 0 N–H and O–H groups in total. The monoisotopic (exact) mass is 778 g/mol. The van der Waals surface area contributed by atoms with Crippen LogP contribution in [0.25, 0.3) is 44.6 Å². The summed E-state index contributed by atoms with van der Waals surface area (Å²) in [6.07, 6.45) is 12.5. The van der Waals surface area contributed by atoms with Crippen LogP contribution in [0.2, 0.25) is 0 Å². The molecule has 0 saturated heterocycles. The molecular formula is C42H44Cl2O10. The van der Waals surface area contributed by atoms with Crippen LogP contribution in [0.5, 0.6) is 0 Å². The Morgan fingerprint density at radius 3 is 1.04 bits per heavy atom. The first-order valence-corrected chi connectivity index (χ1v) is 20.2. The second kappa shape index (κ2) is 20.6. The molecule has 2 heterocycles. The Morgan fingerprint density at radius 2 is 0.704 bits per heavy atom. The van der Waals surface area contributed by atoms with Gasteiger partial charge in [0.2, 0.25) is 0 Å². The van der Waals surface area contributed by atoms with Gasteiger partial charge < -0.3 is 0 Å². The molecule has 6 rings (SSSR count). The van der Waals surface area contributed by atoms with Crippen LogP contribution in [0.4, 0.5) is 0 Å². The molecule has 0 fully saturated rings. The third-order valence-corrected chi connectivity index (χ3v) is 8.83. The summed E-state index contributed by atoms with van der Waals surface area (Å²) in [6, 6.07) is 38.7. The summed E-state index contributed by atoms with van der Waals surface area (Å²) in [6.45, 7) is 4.25. The number of para-hydroxylation sites is 2. The largest absolute Gasteiger partial charge is 0.361 e. The highest BCUT2D eigenvalue weighted by atomic mass is 35.7. The van der Waals surface area contributed by atoms with E-state index in [1.165, 1.54) is 84.4 Å². The predicted molar refractivity (Wildman–Crippen MR) is 186 cm³/mol. The summed E-state index contributed by atoms with van der Waals surface area (Å²) in [5.41, 5.74) is 9.57. The molecule has 12 heteroatoms. The van der Waals surface area contributed by atoms with Crippen LogP contribution in [0.15, 0.2) is 118 Å². The van der Waals surface area contributed by atoms with Crippen molar-refractivity contribution in [3.63, 3.8) is 0 Å². The molecule has 54 heavy (non-hydrogen) atoms. The van der Waals surface area contributed by atoms with E-state index in [-0.39, 0.29) is 0 Å². The van der Waals surface area contributed by atoms with Gasteiger partial charge in [-0.25, -0.2) is 46.1 Å². The fourth-order valence-corrected chi connectivity index (χ4v) is 6.24. The highest BCUT2D eigenvalue weighted by Gasteiger charge is 2.20. The van der Waals surface area contributed by atoms with Crippen molar-refractivity contribution >= 4 is 21.9 Å². The number of rotatable bonds is 13. The second-order valence-electron chi connectivity index (χ2n) is 13.1. The molecule has 0 aliphatic carbocycles. The van der Waals surface area contributed by atoms with Crippen LogP contribution in [0, 0.1) is 34.3 Å². The van der Waals surface area contributed by atoms with Crippen LogP contribution in [-0.2, 0) is 12.8 Å². The van der Waals surface area contributed by atoms with E-state index < -0.39 is 20.5 Å². The molecule has 286 valence electrons. The maximum atomic E-state index is 8.49. The van der Waals surface area contributed by atoms with Gasteiger partial charge in [0.15, 0.2) is 0 Å². The first-order chi connectivity index (χ1) is 25.6. The van der Waals surface area contributed by atoms with Gasteiger partial charge in [-0.05, 0) is 87.1 Å². The second-order valence-corrected chi connectivity index (χ2v) is 14.6. The van der Waals surface area contributed by atoms with Crippen molar-refractivity contribution in [1.29, 1.82) is 0 Å². The normalized spacial score (nSPS) is 11.5. The smallest absolute Gasteiger partial charge is 0.222 e. The Morgan fingerprint density at radius 1 is 0.407 bits per heavy atom. The third-order valence-electron chi connectivity index (χ3n) is 8.83. The van der Waals surface area contributed by atoms with Crippen LogP contribution in [0.3, 0.4) is 0 Å². The minimum Gasteiger partial charge on any atom is -0.222 e. The summed E-state index contributed by atoms with van der Waals surface area (Å²) in [5, 5.41) is 2.49.